The fourth-order valence-electron chi connectivity index (χ4n) is 2.54. The third kappa shape index (κ3) is 3.22. The molecule has 110 valence electrons. The average molecular weight is 274 g/mol. The molecule has 1 aromatic heterocycles. The molecule has 0 unspecified atom stereocenters. The summed E-state index contributed by atoms with van der Waals surface area (Å²) in [6.45, 7) is 11.8. The Balaban J connectivity index is 2.19. The van der Waals surface area contributed by atoms with Crippen molar-refractivity contribution in [3.05, 3.63) is 35.5 Å². The van der Waals surface area contributed by atoms with Crippen molar-refractivity contribution < 1.29 is 5.11 Å². The van der Waals surface area contributed by atoms with Gasteiger partial charge in [-0.25, -0.2) is 0 Å². The molecule has 0 bridgehead atoms. The van der Waals surface area contributed by atoms with Crippen molar-refractivity contribution in [3.63, 3.8) is 0 Å². The molecule has 2 N–H and O–H groups in total. The van der Waals surface area contributed by atoms with Gasteiger partial charge in [0.15, 0.2) is 0 Å². The zero-order valence-electron chi connectivity index (χ0n) is 13.2. The lowest BCUT2D eigenvalue weighted by Gasteiger charge is -2.23. The molecular weight excluding hydrogens is 248 g/mol. The fraction of sp³-hybridized carbons (Fsp3) is 0.529. The third-order valence-electron chi connectivity index (χ3n) is 3.81. The summed E-state index contributed by atoms with van der Waals surface area (Å²) in [5.74, 6) is 0. The lowest BCUT2D eigenvalue weighted by molar-refractivity contribution is 0.142. The van der Waals surface area contributed by atoms with Gasteiger partial charge in [-0.1, -0.05) is 18.2 Å². The highest BCUT2D eigenvalue weighted by atomic mass is 16.3. The average Bonchev–Trinajstić information content (AvgIpc) is 2.62. The van der Waals surface area contributed by atoms with Crippen molar-refractivity contribution in [3.8, 4) is 0 Å². The number of aliphatic hydroxyl groups excluding tert-OH is 1. The van der Waals surface area contributed by atoms with Crippen LogP contribution in [0.2, 0.25) is 0 Å². The zero-order valence-corrected chi connectivity index (χ0v) is 13.2. The van der Waals surface area contributed by atoms with Gasteiger partial charge in [-0.3, -0.25) is 0 Å². The number of hydrogen-bond donors (Lipinski definition) is 2. The summed E-state index contributed by atoms with van der Waals surface area (Å²) < 4.78 is 2.22. The van der Waals surface area contributed by atoms with Crippen LogP contribution in [0.4, 0.5) is 0 Å². The van der Waals surface area contributed by atoms with Crippen LogP contribution in [-0.4, -0.2) is 27.9 Å². The molecule has 2 aromatic rings. The predicted octanol–water partition coefficient (Wildman–Crippen LogP) is 3.01. The summed E-state index contributed by atoms with van der Waals surface area (Å²) in [6, 6.07) is 8.39. The van der Waals surface area contributed by atoms with Gasteiger partial charge in [-0.05, 0) is 46.2 Å². The number of β-amino-alcohol motifs (C(OH)–C–C–N with tert-alkyl or cyclic N) is 1. The van der Waals surface area contributed by atoms with E-state index in [4.69, 9.17) is 0 Å². The summed E-state index contributed by atoms with van der Waals surface area (Å²) in [6.07, 6.45) is -0.386. The summed E-state index contributed by atoms with van der Waals surface area (Å²) >= 11 is 0. The Kier molecular flexibility index (Phi) is 4.21. The molecule has 0 saturated carbocycles. The van der Waals surface area contributed by atoms with Crippen LogP contribution in [-0.2, 0) is 6.54 Å². The molecule has 0 aliphatic heterocycles. The number of nitrogens with one attached hydrogen (secondary N) is 1. The SMILES string of the molecule is Cc1c(C)n(C[C@@H](O)CNC(C)(C)C)c2ccccc12. The van der Waals surface area contributed by atoms with Gasteiger partial charge in [0.05, 0.1) is 12.6 Å². The Morgan fingerprint density at radius 1 is 1.20 bits per heavy atom. The summed E-state index contributed by atoms with van der Waals surface area (Å²) in [4.78, 5) is 0. The molecule has 20 heavy (non-hydrogen) atoms. The van der Waals surface area contributed by atoms with Crippen molar-refractivity contribution in [2.45, 2.75) is 52.8 Å². The quantitative estimate of drug-likeness (QED) is 0.899. The van der Waals surface area contributed by atoms with E-state index in [1.54, 1.807) is 0 Å². The van der Waals surface area contributed by atoms with Crippen molar-refractivity contribution in [1.82, 2.24) is 9.88 Å². The van der Waals surface area contributed by atoms with Gasteiger partial charge in [0.2, 0.25) is 0 Å². The molecular formula is C17H26N2O. The molecule has 0 radical (unpaired) electrons. The van der Waals surface area contributed by atoms with E-state index < -0.39 is 0 Å². The first-order valence-electron chi connectivity index (χ1n) is 7.27. The lowest BCUT2D eigenvalue weighted by Crippen LogP contribution is -2.42. The second kappa shape index (κ2) is 5.58. The highest BCUT2D eigenvalue weighted by molar-refractivity contribution is 5.85. The van der Waals surface area contributed by atoms with E-state index in [0.29, 0.717) is 13.1 Å². The summed E-state index contributed by atoms with van der Waals surface area (Å²) in [7, 11) is 0. The summed E-state index contributed by atoms with van der Waals surface area (Å²) in [5, 5.41) is 14.9. The molecule has 0 fully saturated rings. The number of fused-ring (bicyclic) bond motifs is 1. The number of para-hydroxylation sites is 1. The minimum absolute atomic E-state index is 0.0324. The Morgan fingerprint density at radius 2 is 1.85 bits per heavy atom. The first-order chi connectivity index (χ1) is 9.29. The van der Waals surface area contributed by atoms with Crippen molar-refractivity contribution in [2.75, 3.05) is 6.54 Å². The number of aryl methyl sites for hydroxylation is 1. The molecule has 0 aliphatic carbocycles. The van der Waals surface area contributed by atoms with E-state index in [0.717, 1.165) is 0 Å². The maximum Gasteiger partial charge on any atom is 0.0843 e. The van der Waals surface area contributed by atoms with E-state index in [9.17, 15) is 5.11 Å². The Morgan fingerprint density at radius 3 is 2.50 bits per heavy atom. The van der Waals surface area contributed by atoms with Crippen molar-refractivity contribution in [1.29, 1.82) is 0 Å². The molecule has 0 amide bonds. The van der Waals surface area contributed by atoms with Gasteiger partial charge in [0.1, 0.15) is 0 Å². The van der Waals surface area contributed by atoms with Crippen LogP contribution in [0, 0.1) is 13.8 Å². The van der Waals surface area contributed by atoms with Gasteiger partial charge in [0.25, 0.3) is 0 Å². The topological polar surface area (TPSA) is 37.2 Å². The molecule has 1 aromatic carbocycles. The van der Waals surface area contributed by atoms with Crippen LogP contribution in [0.1, 0.15) is 32.0 Å². The number of aliphatic hydroxyl groups is 1. The molecule has 1 heterocycles. The van der Waals surface area contributed by atoms with Crippen molar-refractivity contribution >= 4 is 10.9 Å². The molecule has 3 nitrogen and oxygen atoms in total. The van der Waals surface area contributed by atoms with Gasteiger partial charge in [-0.15, -0.1) is 0 Å². The monoisotopic (exact) mass is 274 g/mol. The Labute approximate surface area is 121 Å². The van der Waals surface area contributed by atoms with Crippen LogP contribution < -0.4 is 5.32 Å². The zero-order chi connectivity index (χ0) is 14.9. The maximum absolute atomic E-state index is 10.3. The third-order valence-corrected chi connectivity index (χ3v) is 3.81. The fourth-order valence-corrected chi connectivity index (χ4v) is 2.54. The van der Waals surface area contributed by atoms with Gasteiger partial charge >= 0.3 is 0 Å². The van der Waals surface area contributed by atoms with E-state index >= 15 is 0 Å². The molecule has 0 aliphatic rings. The minimum atomic E-state index is -0.386. The highest BCUT2D eigenvalue weighted by Gasteiger charge is 2.16. The van der Waals surface area contributed by atoms with Gasteiger partial charge in [0, 0.05) is 28.7 Å². The second-order valence-electron chi connectivity index (χ2n) is 6.62. The van der Waals surface area contributed by atoms with E-state index in [1.165, 1.54) is 22.2 Å². The minimum Gasteiger partial charge on any atom is -0.390 e. The van der Waals surface area contributed by atoms with Crippen LogP contribution in [0.3, 0.4) is 0 Å². The molecule has 3 heteroatoms. The maximum atomic E-state index is 10.3. The largest absolute Gasteiger partial charge is 0.390 e. The number of nitrogens with zero attached hydrogens (tertiary/aromatic N) is 1. The number of hydrogen-bond acceptors (Lipinski definition) is 2. The predicted molar refractivity (Wildman–Crippen MR) is 85.2 cm³/mol. The summed E-state index contributed by atoms with van der Waals surface area (Å²) in [5.41, 5.74) is 3.78. The Bertz CT molecular complexity index is 593. The van der Waals surface area contributed by atoms with Crippen LogP contribution >= 0.6 is 0 Å². The number of rotatable bonds is 4. The van der Waals surface area contributed by atoms with Crippen molar-refractivity contribution in [2.24, 2.45) is 0 Å². The number of benzene rings is 1. The lowest BCUT2D eigenvalue weighted by atomic mass is 10.1. The van der Waals surface area contributed by atoms with Gasteiger partial charge < -0.3 is 15.0 Å². The van der Waals surface area contributed by atoms with Crippen LogP contribution in [0.5, 0.6) is 0 Å². The molecule has 0 spiro atoms. The normalized spacial score (nSPS) is 13.9. The standard InChI is InChI=1S/C17H26N2O/c1-12-13(2)19(16-9-7-6-8-15(12)16)11-14(20)10-18-17(3,4)5/h6-9,14,18,20H,10-11H2,1-5H3/t14-/m0/s1. The highest BCUT2D eigenvalue weighted by Crippen LogP contribution is 2.25. The molecule has 1 atom stereocenters. The van der Waals surface area contributed by atoms with Gasteiger partial charge in [-0.2, -0.15) is 0 Å². The van der Waals surface area contributed by atoms with Crippen LogP contribution in [0.25, 0.3) is 10.9 Å². The van der Waals surface area contributed by atoms with E-state index in [-0.39, 0.29) is 11.6 Å². The first kappa shape index (κ1) is 15.1. The number of aromatic nitrogens is 1. The first-order valence-corrected chi connectivity index (χ1v) is 7.27. The smallest absolute Gasteiger partial charge is 0.0843 e. The second-order valence-corrected chi connectivity index (χ2v) is 6.62. The van der Waals surface area contributed by atoms with Crippen LogP contribution in [0.15, 0.2) is 24.3 Å². The van der Waals surface area contributed by atoms with E-state index in [2.05, 4.69) is 68.8 Å². The molecule has 2 rings (SSSR count). The van der Waals surface area contributed by atoms with E-state index in [1.807, 2.05) is 0 Å². The Hall–Kier alpha value is -1.32. The molecule has 0 saturated heterocycles.